The number of carboxylic acids is 1. The minimum absolute atomic E-state index is 0.401. The maximum absolute atomic E-state index is 11.3. The van der Waals surface area contributed by atoms with Crippen LogP contribution in [-0.2, 0) is 24.7 Å². The molecule has 1 unspecified atom stereocenters. The molecule has 1 N–H and O–H groups in total. The first-order chi connectivity index (χ1) is 8.65. The molecule has 0 amide bonds. The molecule has 0 aliphatic carbocycles. The van der Waals surface area contributed by atoms with Crippen molar-refractivity contribution < 1.29 is 9.90 Å². The molecule has 1 heterocycles. The van der Waals surface area contributed by atoms with Crippen LogP contribution in [-0.4, -0.2) is 26.1 Å². The van der Waals surface area contributed by atoms with Crippen LogP contribution < -0.4 is 0 Å². The fraction of sp³-hybridized carbons (Fsp3) is 0.308. The van der Waals surface area contributed by atoms with Gasteiger partial charge in [-0.1, -0.05) is 35.5 Å². The van der Waals surface area contributed by atoms with Crippen LogP contribution in [0.2, 0.25) is 0 Å². The number of aryl methyl sites for hydroxylation is 1. The van der Waals surface area contributed by atoms with Gasteiger partial charge in [-0.05, 0) is 12.0 Å². The Balaban J connectivity index is 2.07. The minimum atomic E-state index is -0.801. The van der Waals surface area contributed by atoms with E-state index in [-0.39, 0.29) is 0 Å². The van der Waals surface area contributed by atoms with Gasteiger partial charge in [0.1, 0.15) is 0 Å². The fourth-order valence-corrected chi connectivity index (χ4v) is 1.89. The monoisotopic (exact) mass is 245 g/mol. The first-order valence-electron chi connectivity index (χ1n) is 5.77. The molecule has 94 valence electrons. The van der Waals surface area contributed by atoms with E-state index in [1.54, 1.807) is 17.9 Å². The molecule has 0 saturated heterocycles. The molecule has 1 aromatic heterocycles. The molecular formula is C13H15N3O2. The van der Waals surface area contributed by atoms with E-state index in [0.717, 1.165) is 5.56 Å². The number of aromatic nitrogens is 3. The van der Waals surface area contributed by atoms with Gasteiger partial charge in [0.15, 0.2) is 0 Å². The van der Waals surface area contributed by atoms with Gasteiger partial charge in [0.2, 0.25) is 0 Å². The standard InChI is InChI=1S/C13H15N3O2/c1-16-9-12(14-15-16)8-11(13(17)18)7-10-5-3-2-4-6-10/h2-6,9,11H,7-8H2,1H3,(H,17,18). The summed E-state index contributed by atoms with van der Waals surface area (Å²) in [6.07, 6.45) is 2.66. The third kappa shape index (κ3) is 3.16. The number of hydrogen-bond donors (Lipinski definition) is 1. The molecule has 0 saturated carbocycles. The summed E-state index contributed by atoms with van der Waals surface area (Å²) in [4.78, 5) is 11.3. The van der Waals surface area contributed by atoms with E-state index in [4.69, 9.17) is 0 Å². The Bertz CT molecular complexity index is 522. The Hall–Kier alpha value is -2.17. The Morgan fingerprint density at radius 2 is 2.06 bits per heavy atom. The quantitative estimate of drug-likeness (QED) is 0.862. The number of rotatable bonds is 5. The van der Waals surface area contributed by atoms with Gasteiger partial charge in [0, 0.05) is 19.7 Å². The van der Waals surface area contributed by atoms with Crippen molar-refractivity contribution in [2.75, 3.05) is 0 Å². The molecule has 0 aliphatic rings. The second-order valence-electron chi connectivity index (χ2n) is 4.31. The molecule has 5 heteroatoms. The third-order valence-electron chi connectivity index (χ3n) is 2.78. The molecule has 2 rings (SSSR count). The van der Waals surface area contributed by atoms with E-state index in [2.05, 4.69) is 10.3 Å². The maximum Gasteiger partial charge on any atom is 0.307 e. The average Bonchev–Trinajstić information content (AvgIpc) is 2.75. The topological polar surface area (TPSA) is 68.0 Å². The number of hydrogen-bond acceptors (Lipinski definition) is 3. The average molecular weight is 245 g/mol. The first-order valence-corrected chi connectivity index (χ1v) is 5.77. The highest BCUT2D eigenvalue weighted by atomic mass is 16.4. The Morgan fingerprint density at radius 1 is 1.33 bits per heavy atom. The lowest BCUT2D eigenvalue weighted by molar-refractivity contribution is -0.141. The minimum Gasteiger partial charge on any atom is -0.481 e. The van der Waals surface area contributed by atoms with E-state index in [1.165, 1.54) is 0 Å². The molecule has 1 atom stereocenters. The Labute approximate surface area is 105 Å². The maximum atomic E-state index is 11.3. The second-order valence-corrected chi connectivity index (χ2v) is 4.31. The molecule has 2 aromatic rings. The van der Waals surface area contributed by atoms with Crippen molar-refractivity contribution in [3.63, 3.8) is 0 Å². The molecule has 0 spiro atoms. The van der Waals surface area contributed by atoms with Crippen molar-refractivity contribution in [3.05, 3.63) is 47.8 Å². The lowest BCUT2D eigenvalue weighted by Gasteiger charge is -2.10. The Kier molecular flexibility index (Phi) is 3.72. The van der Waals surface area contributed by atoms with E-state index in [9.17, 15) is 9.90 Å². The number of aliphatic carboxylic acids is 1. The third-order valence-corrected chi connectivity index (χ3v) is 2.78. The van der Waals surface area contributed by atoms with E-state index in [0.29, 0.717) is 18.5 Å². The molecule has 0 radical (unpaired) electrons. The predicted molar refractivity (Wildman–Crippen MR) is 66.0 cm³/mol. The highest BCUT2D eigenvalue weighted by Crippen LogP contribution is 2.13. The first kappa shape index (κ1) is 12.3. The van der Waals surface area contributed by atoms with Crippen LogP contribution in [0.25, 0.3) is 0 Å². The van der Waals surface area contributed by atoms with Crippen LogP contribution in [0.5, 0.6) is 0 Å². The summed E-state index contributed by atoms with van der Waals surface area (Å²) >= 11 is 0. The molecule has 18 heavy (non-hydrogen) atoms. The van der Waals surface area contributed by atoms with Crippen molar-refractivity contribution >= 4 is 5.97 Å². The predicted octanol–water partition coefficient (Wildman–Crippen LogP) is 1.30. The van der Waals surface area contributed by atoms with E-state index >= 15 is 0 Å². The van der Waals surface area contributed by atoms with Crippen LogP contribution in [0.3, 0.4) is 0 Å². The van der Waals surface area contributed by atoms with Crippen LogP contribution in [0.4, 0.5) is 0 Å². The number of carboxylic acid groups (broad SMARTS) is 1. The summed E-state index contributed by atoms with van der Waals surface area (Å²) in [5, 5.41) is 17.0. The highest BCUT2D eigenvalue weighted by molar-refractivity contribution is 5.70. The van der Waals surface area contributed by atoms with E-state index in [1.807, 2.05) is 30.3 Å². The zero-order chi connectivity index (χ0) is 13.0. The normalized spacial score (nSPS) is 12.3. The molecule has 0 fully saturated rings. The molecule has 0 aliphatic heterocycles. The lowest BCUT2D eigenvalue weighted by atomic mass is 9.95. The SMILES string of the molecule is Cn1cc(CC(Cc2ccccc2)C(=O)O)nn1. The van der Waals surface area contributed by atoms with Gasteiger partial charge >= 0.3 is 5.97 Å². The zero-order valence-corrected chi connectivity index (χ0v) is 10.2. The van der Waals surface area contributed by atoms with Gasteiger partial charge < -0.3 is 5.11 Å². The van der Waals surface area contributed by atoms with Crippen LogP contribution in [0.1, 0.15) is 11.3 Å². The van der Waals surface area contributed by atoms with Crippen molar-refractivity contribution in [2.45, 2.75) is 12.8 Å². The summed E-state index contributed by atoms with van der Waals surface area (Å²) in [5.74, 6) is -1.27. The number of benzene rings is 1. The van der Waals surface area contributed by atoms with Gasteiger partial charge in [0.05, 0.1) is 11.6 Å². The summed E-state index contributed by atoms with van der Waals surface area (Å²) in [6, 6.07) is 9.62. The van der Waals surface area contributed by atoms with Crippen molar-refractivity contribution in [3.8, 4) is 0 Å². The summed E-state index contributed by atoms with van der Waals surface area (Å²) in [6.45, 7) is 0. The van der Waals surface area contributed by atoms with Crippen LogP contribution in [0, 0.1) is 5.92 Å². The highest BCUT2D eigenvalue weighted by Gasteiger charge is 2.19. The molecule has 5 nitrogen and oxygen atoms in total. The molecule has 1 aromatic carbocycles. The van der Waals surface area contributed by atoms with Gasteiger partial charge in [-0.15, -0.1) is 5.10 Å². The fourth-order valence-electron chi connectivity index (χ4n) is 1.89. The summed E-state index contributed by atoms with van der Waals surface area (Å²) < 4.78 is 1.58. The summed E-state index contributed by atoms with van der Waals surface area (Å²) in [5.41, 5.74) is 1.73. The molecule has 0 bridgehead atoms. The number of nitrogens with zero attached hydrogens (tertiary/aromatic N) is 3. The van der Waals surface area contributed by atoms with Crippen molar-refractivity contribution in [2.24, 2.45) is 13.0 Å². The van der Waals surface area contributed by atoms with Crippen LogP contribution in [0.15, 0.2) is 36.5 Å². The largest absolute Gasteiger partial charge is 0.481 e. The zero-order valence-electron chi connectivity index (χ0n) is 10.2. The van der Waals surface area contributed by atoms with Crippen LogP contribution >= 0.6 is 0 Å². The summed E-state index contributed by atoms with van der Waals surface area (Å²) in [7, 11) is 1.77. The molecular weight excluding hydrogens is 230 g/mol. The van der Waals surface area contributed by atoms with Crippen molar-refractivity contribution in [1.82, 2.24) is 15.0 Å². The second kappa shape index (κ2) is 5.44. The lowest BCUT2D eigenvalue weighted by Crippen LogP contribution is -2.19. The van der Waals surface area contributed by atoms with E-state index < -0.39 is 11.9 Å². The Morgan fingerprint density at radius 3 is 2.61 bits per heavy atom. The van der Waals surface area contributed by atoms with Gasteiger partial charge in [-0.3, -0.25) is 9.48 Å². The van der Waals surface area contributed by atoms with Gasteiger partial charge in [0.25, 0.3) is 0 Å². The van der Waals surface area contributed by atoms with Crippen molar-refractivity contribution in [1.29, 1.82) is 0 Å². The number of carbonyl (C=O) groups is 1. The van der Waals surface area contributed by atoms with Gasteiger partial charge in [-0.2, -0.15) is 0 Å². The van der Waals surface area contributed by atoms with Gasteiger partial charge in [-0.25, -0.2) is 0 Å². The smallest absolute Gasteiger partial charge is 0.307 e.